The van der Waals surface area contributed by atoms with Crippen LogP contribution in [0.3, 0.4) is 0 Å². The molecule has 5 nitrogen and oxygen atoms in total. The highest BCUT2D eigenvalue weighted by Crippen LogP contribution is 2.45. The van der Waals surface area contributed by atoms with Crippen LogP contribution in [0.1, 0.15) is 55.5 Å². The zero-order valence-electron chi connectivity index (χ0n) is 20.0. The lowest BCUT2D eigenvalue weighted by atomic mass is 9.69. The molecule has 0 saturated heterocycles. The van der Waals surface area contributed by atoms with Gasteiger partial charge in [-0.2, -0.15) is 0 Å². The van der Waals surface area contributed by atoms with Crippen LogP contribution in [0.15, 0.2) is 58.8 Å². The molecule has 0 bridgehead atoms. The monoisotopic (exact) mass is 497 g/mol. The standard InChI is InChI=1S/C27H31NO4S2/c1-26(2)13-15-27(30,16-14-26)20-8-5-18(6-9-20)23-11-12-24(33-23)34-28-21-10-7-19(25(29)32-4)17-22(21)31-3/h5-12,17,28,30H,13-16H2,1-4H3. The Morgan fingerprint density at radius 3 is 2.35 bits per heavy atom. The Hall–Kier alpha value is -2.48. The number of hydrogen-bond acceptors (Lipinski definition) is 7. The molecule has 4 rings (SSSR count). The number of benzene rings is 2. The summed E-state index contributed by atoms with van der Waals surface area (Å²) >= 11 is 3.19. The minimum absolute atomic E-state index is 0.318. The summed E-state index contributed by atoms with van der Waals surface area (Å²) in [6, 6.07) is 17.7. The van der Waals surface area contributed by atoms with Crippen LogP contribution in [-0.2, 0) is 10.3 Å². The van der Waals surface area contributed by atoms with Gasteiger partial charge in [0, 0.05) is 4.88 Å². The molecule has 1 aromatic heterocycles. The van der Waals surface area contributed by atoms with Crippen molar-refractivity contribution in [2.45, 2.75) is 49.3 Å². The van der Waals surface area contributed by atoms with Gasteiger partial charge in [0.25, 0.3) is 0 Å². The molecule has 1 aliphatic carbocycles. The van der Waals surface area contributed by atoms with Gasteiger partial charge in [0.15, 0.2) is 0 Å². The van der Waals surface area contributed by atoms with Gasteiger partial charge in [0.1, 0.15) is 5.75 Å². The molecule has 0 radical (unpaired) electrons. The molecule has 0 amide bonds. The van der Waals surface area contributed by atoms with Gasteiger partial charge in [0.2, 0.25) is 0 Å². The van der Waals surface area contributed by atoms with Crippen molar-refractivity contribution < 1.29 is 19.4 Å². The van der Waals surface area contributed by atoms with Crippen LogP contribution in [0, 0.1) is 5.41 Å². The maximum atomic E-state index is 11.7. The van der Waals surface area contributed by atoms with Gasteiger partial charge in [-0.3, -0.25) is 0 Å². The lowest BCUT2D eigenvalue weighted by Gasteiger charge is -2.40. The van der Waals surface area contributed by atoms with Gasteiger partial charge in [-0.05, 0) is 84.5 Å². The molecule has 0 unspecified atom stereocenters. The molecule has 2 aromatic carbocycles. The Kier molecular flexibility index (Phi) is 7.26. The molecule has 1 aliphatic rings. The Bertz CT molecular complexity index is 1140. The van der Waals surface area contributed by atoms with Crippen LogP contribution in [0.4, 0.5) is 5.69 Å². The normalized spacial score (nSPS) is 16.6. The number of ether oxygens (including phenoxy) is 2. The summed E-state index contributed by atoms with van der Waals surface area (Å²) in [5.41, 5.74) is 2.99. The summed E-state index contributed by atoms with van der Waals surface area (Å²) in [7, 11) is 2.93. The van der Waals surface area contributed by atoms with E-state index >= 15 is 0 Å². The first-order valence-electron chi connectivity index (χ1n) is 11.4. The van der Waals surface area contributed by atoms with Crippen LogP contribution in [0.5, 0.6) is 5.75 Å². The average Bonchev–Trinajstić information content (AvgIpc) is 3.33. The lowest BCUT2D eigenvalue weighted by Crippen LogP contribution is -2.34. The molecule has 0 aliphatic heterocycles. The molecule has 1 fully saturated rings. The predicted molar refractivity (Wildman–Crippen MR) is 140 cm³/mol. The molecule has 0 atom stereocenters. The minimum atomic E-state index is -0.711. The Labute approximate surface area is 209 Å². The number of carbonyl (C=O) groups excluding carboxylic acids is 1. The van der Waals surface area contributed by atoms with Crippen molar-refractivity contribution in [3.63, 3.8) is 0 Å². The summed E-state index contributed by atoms with van der Waals surface area (Å²) in [6.07, 6.45) is 3.71. The summed E-state index contributed by atoms with van der Waals surface area (Å²) in [6.45, 7) is 4.56. The number of carbonyl (C=O) groups is 1. The fourth-order valence-electron chi connectivity index (χ4n) is 4.23. The lowest BCUT2D eigenvalue weighted by molar-refractivity contribution is -0.0305. The molecule has 1 saturated carbocycles. The van der Waals surface area contributed by atoms with Gasteiger partial charge >= 0.3 is 5.97 Å². The summed E-state index contributed by atoms with van der Waals surface area (Å²) < 4.78 is 14.6. The van der Waals surface area contributed by atoms with Gasteiger partial charge in [-0.1, -0.05) is 38.1 Å². The molecular weight excluding hydrogens is 466 g/mol. The van der Waals surface area contributed by atoms with Crippen molar-refractivity contribution in [3.8, 4) is 16.2 Å². The van der Waals surface area contributed by atoms with Crippen LogP contribution in [-0.4, -0.2) is 25.3 Å². The van der Waals surface area contributed by atoms with Crippen LogP contribution in [0.2, 0.25) is 0 Å². The number of hydrogen-bond donors (Lipinski definition) is 2. The highest BCUT2D eigenvalue weighted by atomic mass is 32.2. The highest BCUT2D eigenvalue weighted by Gasteiger charge is 2.37. The first kappa shape index (κ1) is 24.6. The second-order valence-electron chi connectivity index (χ2n) is 9.50. The minimum Gasteiger partial charge on any atom is -0.495 e. The largest absolute Gasteiger partial charge is 0.495 e. The van der Waals surface area contributed by atoms with Crippen molar-refractivity contribution in [2.75, 3.05) is 18.9 Å². The molecule has 2 N–H and O–H groups in total. The van der Waals surface area contributed by atoms with E-state index in [-0.39, 0.29) is 0 Å². The second kappa shape index (κ2) is 10.0. The van der Waals surface area contributed by atoms with E-state index in [9.17, 15) is 9.90 Å². The summed E-state index contributed by atoms with van der Waals surface area (Å²) in [4.78, 5) is 12.9. The number of aliphatic hydroxyl groups is 1. The molecule has 0 spiro atoms. The van der Waals surface area contributed by atoms with Gasteiger partial charge in [-0.15, -0.1) is 11.3 Å². The maximum Gasteiger partial charge on any atom is 0.337 e. The van der Waals surface area contributed by atoms with Gasteiger partial charge in [-0.25, -0.2) is 4.79 Å². The molecule has 180 valence electrons. The first-order chi connectivity index (χ1) is 16.2. The van der Waals surface area contributed by atoms with Crippen molar-refractivity contribution in [3.05, 3.63) is 65.7 Å². The number of nitrogens with one attached hydrogen (secondary N) is 1. The topological polar surface area (TPSA) is 67.8 Å². The fourth-order valence-corrected chi connectivity index (χ4v) is 6.05. The highest BCUT2D eigenvalue weighted by molar-refractivity contribution is 8.02. The molecule has 3 aromatic rings. The zero-order chi connectivity index (χ0) is 24.3. The zero-order valence-corrected chi connectivity index (χ0v) is 21.6. The first-order valence-corrected chi connectivity index (χ1v) is 13.0. The van der Waals surface area contributed by atoms with E-state index in [1.165, 1.54) is 23.9 Å². The smallest absolute Gasteiger partial charge is 0.337 e. The molecule has 1 heterocycles. The van der Waals surface area contributed by atoms with E-state index in [4.69, 9.17) is 9.47 Å². The summed E-state index contributed by atoms with van der Waals surface area (Å²) in [5.74, 6) is 0.178. The second-order valence-corrected chi connectivity index (χ2v) is 11.7. The van der Waals surface area contributed by atoms with Gasteiger partial charge in [0.05, 0.1) is 35.3 Å². The van der Waals surface area contributed by atoms with Crippen LogP contribution in [0.25, 0.3) is 10.4 Å². The Balaban J connectivity index is 1.41. The number of methoxy groups -OCH3 is 2. The summed E-state index contributed by atoms with van der Waals surface area (Å²) in [5, 5.41) is 11.2. The van der Waals surface area contributed by atoms with Gasteiger partial charge < -0.3 is 19.3 Å². The number of thiophene rings is 1. The van der Waals surface area contributed by atoms with E-state index < -0.39 is 11.6 Å². The van der Waals surface area contributed by atoms with E-state index in [1.807, 2.05) is 6.07 Å². The SMILES string of the molecule is COC(=O)c1ccc(NSc2ccc(-c3ccc(C4(O)CCC(C)(C)CC4)cc3)s2)c(OC)c1. The third kappa shape index (κ3) is 5.43. The number of anilines is 1. The maximum absolute atomic E-state index is 11.7. The number of rotatable bonds is 7. The van der Waals surface area contributed by atoms with Crippen molar-refractivity contribution in [2.24, 2.45) is 5.41 Å². The Morgan fingerprint density at radius 1 is 1.00 bits per heavy atom. The molecule has 7 heteroatoms. The number of esters is 1. The quantitative estimate of drug-likeness (QED) is 0.268. The molecular formula is C27H31NO4S2. The van der Waals surface area contributed by atoms with Crippen LogP contribution >= 0.6 is 23.3 Å². The van der Waals surface area contributed by atoms with E-state index in [2.05, 4.69) is 55.0 Å². The average molecular weight is 498 g/mol. The Morgan fingerprint density at radius 2 is 1.71 bits per heavy atom. The van der Waals surface area contributed by atoms with Crippen molar-refractivity contribution >= 4 is 34.9 Å². The van der Waals surface area contributed by atoms with Crippen molar-refractivity contribution in [1.82, 2.24) is 0 Å². The third-order valence-corrected chi connectivity index (χ3v) is 8.69. The van der Waals surface area contributed by atoms with Crippen molar-refractivity contribution in [1.29, 1.82) is 0 Å². The molecule has 34 heavy (non-hydrogen) atoms. The van der Waals surface area contributed by atoms with Crippen LogP contribution < -0.4 is 9.46 Å². The third-order valence-electron chi connectivity index (χ3n) is 6.60. The fraction of sp³-hybridized carbons (Fsp3) is 0.370. The van der Waals surface area contributed by atoms with E-state index in [1.54, 1.807) is 30.6 Å². The predicted octanol–water partition coefficient (Wildman–Crippen LogP) is 7.12. The van der Waals surface area contributed by atoms with E-state index in [0.29, 0.717) is 16.7 Å². The van der Waals surface area contributed by atoms with E-state index in [0.717, 1.165) is 46.7 Å².